The molecule has 0 aromatic heterocycles. The Labute approximate surface area is 187 Å². The average molecular weight is 418 g/mol. The van der Waals surface area contributed by atoms with Crippen molar-refractivity contribution in [3.8, 4) is 0 Å². The minimum atomic E-state index is 0.189. The SMILES string of the molecule is O=C(C1CC[NH+](C[C@@H]2CC=CCC2)CC1)N(CCc1ccccc1)Cc1ccccc1. The van der Waals surface area contributed by atoms with Crippen LogP contribution in [0, 0.1) is 11.8 Å². The second-order valence-electron chi connectivity index (χ2n) is 9.36. The van der Waals surface area contributed by atoms with Crippen LogP contribution in [-0.4, -0.2) is 37.0 Å². The summed E-state index contributed by atoms with van der Waals surface area (Å²) in [6.07, 6.45) is 11.5. The van der Waals surface area contributed by atoms with E-state index in [1.165, 1.54) is 36.9 Å². The van der Waals surface area contributed by atoms with Crippen LogP contribution in [0.5, 0.6) is 0 Å². The standard InChI is InChI=1S/C28H36N2O/c31-28(27-17-19-29(20-18-27)22-25-12-6-2-7-13-25)30(23-26-14-8-3-9-15-26)21-16-24-10-4-1-5-11-24/h1-6,8-11,14-15,25,27H,7,12-13,16-23H2/p+1/t25-/m1/s1. The van der Waals surface area contributed by atoms with Crippen molar-refractivity contribution >= 4 is 5.91 Å². The summed E-state index contributed by atoms with van der Waals surface area (Å²) in [5.41, 5.74) is 2.52. The van der Waals surface area contributed by atoms with E-state index in [0.29, 0.717) is 12.5 Å². The van der Waals surface area contributed by atoms with E-state index in [2.05, 4.69) is 71.6 Å². The Morgan fingerprint density at radius 3 is 2.19 bits per heavy atom. The van der Waals surface area contributed by atoms with Gasteiger partial charge in [-0.15, -0.1) is 0 Å². The molecule has 1 aliphatic carbocycles. The van der Waals surface area contributed by atoms with Crippen LogP contribution in [0.1, 0.15) is 43.2 Å². The van der Waals surface area contributed by atoms with E-state index < -0.39 is 0 Å². The number of quaternary nitrogens is 1. The molecular weight excluding hydrogens is 380 g/mol. The Morgan fingerprint density at radius 1 is 0.871 bits per heavy atom. The van der Waals surface area contributed by atoms with Crippen molar-refractivity contribution < 1.29 is 9.69 Å². The fourth-order valence-electron chi connectivity index (χ4n) is 5.16. The average Bonchev–Trinajstić information content (AvgIpc) is 2.84. The summed E-state index contributed by atoms with van der Waals surface area (Å²) in [7, 11) is 0. The number of benzene rings is 2. The predicted octanol–water partition coefficient (Wildman–Crippen LogP) is 3.91. The molecule has 0 spiro atoms. The first-order valence-electron chi connectivity index (χ1n) is 12.1. The third-order valence-electron chi connectivity index (χ3n) is 7.04. The maximum Gasteiger partial charge on any atom is 0.226 e. The van der Waals surface area contributed by atoms with Gasteiger partial charge in [0.05, 0.1) is 19.6 Å². The predicted molar refractivity (Wildman–Crippen MR) is 127 cm³/mol. The summed E-state index contributed by atoms with van der Waals surface area (Å²) < 4.78 is 0. The number of hydrogen-bond acceptors (Lipinski definition) is 1. The molecule has 3 nitrogen and oxygen atoms in total. The second kappa shape index (κ2) is 11.3. The molecular formula is C28H37N2O+. The van der Waals surface area contributed by atoms with Gasteiger partial charge in [0.15, 0.2) is 0 Å². The number of rotatable bonds is 8. The Kier molecular flexibility index (Phi) is 7.95. The molecule has 3 heteroatoms. The highest BCUT2D eigenvalue weighted by molar-refractivity contribution is 5.79. The lowest BCUT2D eigenvalue weighted by Crippen LogP contribution is -3.13. The van der Waals surface area contributed by atoms with Gasteiger partial charge in [-0.25, -0.2) is 0 Å². The molecule has 1 amide bonds. The molecule has 4 rings (SSSR count). The van der Waals surface area contributed by atoms with Crippen LogP contribution in [0.2, 0.25) is 0 Å². The number of carbonyl (C=O) groups excluding carboxylic acids is 1. The van der Waals surface area contributed by atoms with Crippen molar-refractivity contribution in [2.45, 2.75) is 45.1 Å². The first-order chi connectivity index (χ1) is 15.3. The van der Waals surface area contributed by atoms with Gasteiger partial charge in [-0.2, -0.15) is 0 Å². The van der Waals surface area contributed by atoms with E-state index in [4.69, 9.17) is 0 Å². The smallest absolute Gasteiger partial charge is 0.226 e. The van der Waals surface area contributed by atoms with Gasteiger partial charge in [0.2, 0.25) is 5.91 Å². The van der Waals surface area contributed by atoms with Gasteiger partial charge in [0, 0.05) is 37.8 Å². The van der Waals surface area contributed by atoms with Crippen LogP contribution in [0.4, 0.5) is 0 Å². The Balaban J connectivity index is 1.34. The number of amides is 1. The molecule has 1 heterocycles. The first-order valence-corrected chi connectivity index (χ1v) is 12.1. The number of nitrogens with one attached hydrogen (secondary N) is 1. The highest BCUT2D eigenvalue weighted by Gasteiger charge is 2.31. The fourth-order valence-corrected chi connectivity index (χ4v) is 5.16. The molecule has 1 saturated heterocycles. The number of likely N-dealkylation sites (tertiary alicyclic amines) is 1. The van der Waals surface area contributed by atoms with Crippen LogP contribution in [0.3, 0.4) is 0 Å². The van der Waals surface area contributed by atoms with Gasteiger partial charge in [0.1, 0.15) is 0 Å². The monoisotopic (exact) mass is 417 g/mol. The van der Waals surface area contributed by atoms with E-state index in [-0.39, 0.29) is 5.92 Å². The fraction of sp³-hybridized carbons (Fsp3) is 0.464. The van der Waals surface area contributed by atoms with Crippen LogP contribution < -0.4 is 4.90 Å². The van der Waals surface area contributed by atoms with Crippen LogP contribution in [0.25, 0.3) is 0 Å². The Morgan fingerprint density at radius 2 is 1.55 bits per heavy atom. The van der Waals surface area contributed by atoms with Gasteiger partial charge in [-0.05, 0) is 36.8 Å². The van der Waals surface area contributed by atoms with Gasteiger partial charge in [-0.3, -0.25) is 4.79 Å². The van der Waals surface area contributed by atoms with Crippen molar-refractivity contribution in [3.05, 3.63) is 83.9 Å². The maximum absolute atomic E-state index is 13.5. The summed E-state index contributed by atoms with van der Waals surface area (Å²) in [6, 6.07) is 21.0. The van der Waals surface area contributed by atoms with E-state index in [1.54, 1.807) is 4.90 Å². The molecule has 2 aromatic carbocycles. The van der Waals surface area contributed by atoms with Crippen molar-refractivity contribution in [1.82, 2.24) is 4.90 Å². The lowest BCUT2D eigenvalue weighted by molar-refractivity contribution is -0.909. The largest absolute Gasteiger partial charge is 0.338 e. The normalized spacial score (nSPS) is 23.4. The van der Waals surface area contributed by atoms with Crippen LogP contribution >= 0.6 is 0 Å². The maximum atomic E-state index is 13.5. The van der Waals surface area contributed by atoms with Crippen molar-refractivity contribution in [2.24, 2.45) is 11.8 Å². The van der Waals surface area contributed by atoms with E-state index in [9.17, 15) is 4.79 Å². The Hall–Kier alpha value is -2.39. The molecule has 0 saturated carbocycles. The van der Waals surface area contributed by atoms with Gasteiger partial charge >= 0.3 is 0 Å². The zero-order valence-electron chi connectivity index (χ0n) is 18.7. The molecule has 0 radical (unpaired) electrons. The molecule has 0 unspecified atom stereocenters. The van der Waals surface area contributed by atoms with E-state index in [1.807, 2.05) is 6.07 Å². The van der Waals surface area contributed by atoms with Crippen LogP contribution in [-0.2, 0) is 17.8 Å². The minimum absolute atomic E-state index is 0.189. The van der Waals surface area contributed by atoms with E-state index >= 15 is 0 Å². The number of carbonyl (C=O) groups is 1. The van der Waals surface area contributed by atoms with Crippen molar-refractivity contribution in [2.75, 3.05) is 26.2 Å². The number of nitrogens with zero attached hydrogens (tertiary/aromatic N) is 1. The summed E-state index contributed by atoms with van der Waals surface area (Å²) in [5, 5.41) is 0. The first kappa shape index (κ1) is 21.8. The molecule has 1 N–H and O–H groups in total. The van der Waals surface area contributed by atoms with Gasteiger partial charge in [-0.1, -0.05) is 72.8 Å². The van der Waals surface area contributed by atoms with Crippen LogP contribution in [0.15, 0.2) is 72.8 Å². The highest BCUT2D eigenvalue weighted by Crippen LogP contribution is 2.19. The highest BCUT2D eigenvalue weighted by atomic mass is 16.2. The third-order valence-corrected chi connectivity index (χ3v) is 7.04. The summed E-state index contributed by atoms with van der Waals surface area (Å²) in [5.74, 6) is 1.39. The molecule has 31 heavy (non-hydrogen) atoms. The van der Waals surface area contributed by atoms with Gasteiger partial charge in [0.25, 0.3) is 0 Å². The number of allylic oxidation sites excluding steroid dienone is 2. The minimum Gasteiger partial charge on any atom is -0.338 e. The molecule has 1 fully saturated rings. The zero-order chi connectivity index (χ0) is 21.3. The summed E-state index contributed by atoms with van der Waals surface area (Å²) in [6.45, 7) is 5.09. The molecule has 2 aliphatic rings. The molecule has 164 valence electrons. The van der Waals surface area contributed by atoms with E-state index in [0.717, 1.165) is 44.8 Å². The lowest BCUT2D eigenvalue weighted by Gasteiger charge is -2.34. The number of piperidine rings is 1. The quantitative estimate of drug-likeness (QED) is 0.647. The Bertz CT molecular complexity index is 825. The molecule has 2 aromatic rings. The lowest BCUT2D eigenvalue weighted by atomic mass is 9.91. The topological polar surface area (TPSA) is 24.8 Å². The zero-order valence-corrected chi connectivity index (χ0v) is 18.7. The second-order valence-corrected chi connectivity index (χ2v) is 9.36. The molecule has 0 bridgehead atoms. The molecule has 1 atom stereocenters. The summed E-state index contributed by atoms with van der Waals surface area (Å²) >= 11 is 0. The summed E-state index contributed by atoms with van der Waals surface area (Å²) in [4.78, 5) is 17.4. The third kappa shape index (κ3) is 6.54. The number of hydrogen-bond donors (Lipinski definition) is 1. The van der Waals surface area contributed by atoms with Crippen molar-refractivity contribution in [1.29, 1.82) is 0 Å². The van der Waals surface area contributed by atoms with Gasteiger partial charge < -0.3 is 9.80 Å². The molecule has 1 aliphatic heterocycles. The van der Waals surface area contributed by atoms with Crippen molar-refractivity contribution in [3.63, 3.8) is 0 Å².